The fraction of sp³-hybridized carbons (Fsp3) is 0.250. The minimum Gasteiger partial charge on any atom is -0.250 e. The third-order valence-corrected chi connectivity index (χ3v) is 1.69. The van der Waals surface area contributed by atoms with Crippen molar-refractivity contribution in [3.63, 3.8) is 0 Å². The minimum atomic E-state index is 0.894. The molecule has 2 rings (SSSR count). The lowest BCUT2D eigenvalue weighted by molar-refractivity contribution is 0.774. The number of hydrogen-bond donors (Lipinski definition) is 0. The molecule has 11 heavy (non-hydrogen) atoms. The maximum absolute atomic E-state index is 4.21. The summed E-state index contributed by atoms with van der Waals surface area (Å²) in [5.74, 6) is 0. The summed E-state index contributed by atoms with van der Waals surface area (Å²) in [7, 11) is 1.89. The second-order valence-electron chi connectivity index (χ2n) is 2.50. The van der Waals surface area contributed by atoms with Gasteiger partial charge in [-0.15, -0.1) is 0 Å². The summed E-state index contributed by atoms with van der Waals surface area (Å²) < 4.78 is 1.77. The molecular formula is C8H8N3. The van der Waals surface area contributed by atoms with E-state index in [1.54, 1.807) is 16.9 Å². The molecule has 3 nitrogen and oxygen atoms in total. The molecule has 0 spiro atoms. The molecule has 55 valence electrons. The average molecular weight is 146 g/mol. The molecule has 0 amide bonds. The fourth-order valence-corrected chi connectivity index (χ4v) is 1.19. The van der Waals surface area contributed by atoms with E-state index in [9.17, 15) is 0 Å². The van der Waals surface area contributed by atoms with Crippen molar-refractivity contribution in [1.82, 2.24) is 14.8 Å². The molecule has 0 aromatic carbocycles. The number of aromatic nitrogens is 3. The normalized spacial score (nSPS) is 10.7. The van der Waals surface area contributed by atoms with Gasteiger partial charge in [-0.2, -0.15) is 5.10 Å². The molecule has 0 aliphatic rings. The summed E-state index contributed by atoms with van der Waals surface area (Å²) in [5.41, 5.74) is 1.88. The Morgan fingerprint density at radius 2 is 2.36 bits per heavy atom. The lowest BCUT2D eigenvalue weighted by Gasteiger charge is -1.88. The van der Waals surface area contributed by atoms with Crippen LogP contribution < -0.4 is 0 Å². The summed E-state index contributed by atoms with van der Waals surface area (Å²) in [5, 5.41) is 5.22. The quantitative estimate of drug-likeness (QED) is 0.556. The van der Waals surface area contributed by atoms with Crippen LogP contribution >= 0.6 is 0 Å². The molecule has 3 heteroatoms. The van der Waals surface area contributed by atoms with E-state index in [-0.39, 0.29) is 0 Å². The molecule has 0 saturated carbocycles. The third-order valence-electron chi connectivity index (χ3n) is 1.69. The van der Waals surface area contributed by atoms with E-state index in [4.69, 9.17) is 0 Å². The Balaban J connectivity index is 2.95. The Labute approximate surface area is 64.7 Å². The van der Waals surface area contributed by atoms with E-state index in [0.717, 1.165) is 16.7 Å². The third kappa shape index (κ3) is 0.808. The first kappa shape index (κ1) is 6.34. The Morgan fingerprint density at radius 1 is 1.55 bits per heavy atom. The zero-order valence-corrected chi connectivity index (χ0v) is 6.50. The topological polar surface area (TPSA) is 30.7 Å². The number of pyridine rings is 1. The van der Waals surface area contributed by atoms with Crippen molar-refractivity contribution in [3.05, 3.63) is 24.0 Å². The van der Waals surface area contributed by atoms with Crippen LogP contribution in [0.3, 0.4) is 0 Å². The average Bonchev–Trinajstić information content (AvgIpc) is 2.30. The van der Waals surface area contributed by atoms with Gasteiger partial charge < -0.3 is 0 Å². The molecule has 0 bridgehead atoms. The number of hydrogen-bond acceptors (Lipinski definition) is 2. The van der Waals surface area contributed by atoms with Gasteiger partial charge in [0, 0.05) is 18.6 Å². The van der Waals surface area contributed by atoms with Gasteiger partial charge in [-0.05, 0) is 19.1 Å². The van der Waals surface area contributed by atoms with Crippen LogP contribution in [0.1, 0.15) is 5.69 Å². The van der Waals surface area contributed by atoms with Crippen molar-refractivity contribution < 1.29 is 0 Å². The predicted molar refractivity (Wildman–Crippen MR) is 42.1 cm³/mol. The summed E-state index contributed by atoms with van der Waals surface area (Å²) >= 11 is 0. The minimum absolute atomic E-state index is 0.894. The number of fused-ring (bicyclic) bond motifs is 1. The van der Waals surface area contributed by atoms with Gasteiger partial charge in [-0.25, -0.2) is 4.98 Å². The SMILES string of the molecule is Cc1nn(C)c2ncc[c]c12. The molecule has 2 heterocycles. The van der Waals surface area contributed by atoms with E-state index < -0.39 is 0 Å². The van der Waals surface area contributed by atoms with Crippen LogP contribution in [0.15, 0.2) is 12.3 Å². The second-order valence-corrected chi connectivity index (χ2v) is 2.50. The predicted octanol–water partition coefficient (Wildman–Crippen LogP) is 1.08. The molecule has 0 saturated heterocycles. The molecule has 2 aromatic rings. The van der Waals surface area contributed by atoms with Crippen LogP contribution in [-0.2, 0) is 7.05 Å². The monoisotopic (exact) mass is 146 g/mol. The standard InChI is InChI=1S/C8H8N3/c1-6-7-4-3-5-9-8(7)11(2)10-6/h3,5H,1-2H3. The second kappa shape index (κ2) is 2.05. The van der Waals surface area contributed by atoms with Crippen LogP contribution in [0.5, 0.6) is 0 Å². The van der Waals surface area contributed by atoms with Crippen LogP contribution in [0.4, 0.5) is 0 Å². The van der Waals surface area contributed by atoms with Crippen molar-refractivity contribution >= 4 is 11.0 Å². The van der Waals surface area contributed by atoms with Gasteiger partial charge in [-0.1, -0.05) is 0 Å². The summed E-state index contributed by atoms with van der Waals surface area (Å²) in [4.78, 5) is 4.17. The largest absolute Gasteiger partial charge is 0.250 e. The van der Waals surface area contributed by atoms with Gasteiger partial charge in [0.25, 0.3) is 0 Å². The van der Waals surface area contributed by atoms with Crippen LogP contribution in [0, 0.1) is 13.0 Å². The maximum Gasteiger partial charge on any atom is 0.158 e. The highest BCUT2D eigenvalue weighted by Gasteiger charge is 2.02. The molecule has 1 radical (unpaired) electrons. The Kier molecular flexibility index (Phi) is 1.18. The molecule has 0 aliphatic carbocycles. The highest BCUT2D eigenvalue weighted by atomic mass is 15.3. The van der Waals surface area contributed by atoms with Gasteiger partial charge in [-0.3, -0.25) is 4.68 Å². The van der Waals surface area contributed by atoms with Crippen LogP contribution in [0.25, 0.3) is 11.0 Å². The van der Waals surface area contributed by atoms with E-state index in [2.05, 4.69) is 16.1 Å². The molecule has 0 unspecified atom stereocenters. The first-order valence-electron chi connectivity index (χ1n) is 3.45. The Hall–Kier alpha value is -1.38. The lowest BCUT2D eigenvalue weighted by Crippen LogP contribution is -1.90. The van der Waals surface area contributed by atoms with Gasteiger partial charge >= 0.3 is 0 Å². The molecule has 2 aromatic heterocycles. The number of rotatable bonds is 0. The van der Waals surface area contributed by atoms with Gasteiger partial charge in [0.15, 0.2) is 5.65 Å². The lowest BCUT2D eigenvalue weighted by atomic mass is 10.3. The molecule has 0 atom stereocenters. The van der Waals surface area contributed by atoms with Crippen molar-refractivity contribution in [2.75, 3.05) is 0 Å². The zero-order valence-electron chi connectivity index (χ0n) is 6.50. The summed E-state index contributed by atoms with van der Waals surface area (Å²) in [6, 6.07) is 4.90. The maximum atomic E-state index is 4.21. The number of aryl methyl sites for hydroxylation is 2. The van der Waals surface area contributed by atoms with Crippen molar-refractivity contribution in [1.29, 1.82) is 0 Å². The molecule has 0 fully saturated rings. The first-order chi connectivity index (χ1) is 5.29. The highest BCUT2D eigenvalue weighted by Crippen LogP contribution is 2.12. The molecule has 0 aliphatic heterocycles. The smallest absolute Gasteiger partial charge is 0.158 e. The summed E-state index contributed by atoms with van der Waals surface area (Å²) in [6.45, 7) is 1.96. The van der Waals surface area contributed by atoms with Gasteiger partial charge in [0.1, 0.15) is 0 Å². The number of nitrogens with zero attached hydrogens (tertiary/aromatic N) is 3. The van der Waals surface area contributed by atoms with Crippen molar-refractivity contribution in [3.8, 4) is 0 Å². The van der Waals surface area contributed by atoms with Crippen LogP contribution in [-0.4, -0.2) is 14.8 Å². The molecule has 0 N–H and O–H groups in total. The van der Waals surface area contributed by atoms with E-state index in [1.807, 2.05) is 14.0 Å². The Bertz CT molecular complexity index is 353. The molecular weight excluding hydrogens is 138 g/mol. The highest BCUT2D eigenvalue weighted by molar-refractivity contribution is 5.76. The van der Waals surface area contributed by atoms with Gasteiger partial charge in [0.05, 0.1) is 5.69 Å². The van der Waals surface area contributed by atoms with Crippen LogP contribution in [0.2, 0.25) is 0 Å². The van der Waals surface area contributed by atoms with Crippen molar-refractivity contribution in [2.24, 2.45) is 7.05 Å². The van der Waals surface area contributed by atoms with E-state index in [1.165, 1.54) is 0 Å². The first-order valence-corrected chi connectivity index (χ1v) is 3.45. The van der Waals surface area contributed by atoms with E-state index in [0.29, 0.717) is 0 Å². The zero-order chi connectivity index (χ0) is 7.84. The van der Waals surface area contributed by atoms with Crippen molar-refractivity contribution in [2.45, 2.75) is 6.92 Å². The Morgan fingerprint density at radius 3 is 3.09 bits per heavy atom. The van der Waals surface area contributed by atoms with Gasteiger partial charge in [0.2, 0.25) is 0 Å². The summed E-state index contributed by atoms with van der Waals surface area (Å²) in [6.07, 6.45) is 1.73. The van der Waals surface area contributed by atoms with E-state index >= 15 is 0 Å². The fourth-order valence-electron chi connectivity index (χ4n) is 1.19.